The van der Waals surface area contributed by atoms with Crippen molar-refractivity contribution in [2.45, 2.75) is 32.5 Å². The Kier molecular flexibility index (Phi) is 2.24. The van der Waals surface area contributed by atoms with Gasteiger partial charge in [0.05, 0.1) is 11.7 Å². The van der Waals surface area contributed by atoms with Crippen LogP contribution < -0.4 is 9.80 Å². The van der Waals surface area contributed by atoms with Gasteiger partial charge in [-0.25, -0.2) is 0 Å². The van der Waals surface area contributed by atoms with E-state index in [4.69, 9.17) is 0 Å². The molecule has 2 aliphatic rings. The molecule has 0 spiro atoms. The van der Waals surface area contributed by atoms with Gasteiger partial charge in [-0.2, -0.15) is 0 Å². The topological polar surface area (TPSA) is 6.48 Å². The largest absolute Gasteiger partial charge is 0.348 e. The quantitative estimate of drug-likeness (QED) is 0.771. The minimum Gasteiger partial charge on any atom is -0.348 e. The van der Waals surface area contributed by atoms with Crippen molar-refractivity contribution in [3.05, 3.63) is 59.7 Å². The molecule has 0 aromatic heterocycles. The number of hydrogen-bond donors (Lipinski definition) is 0. The van der Waals surface area contributed by atoms with E-state index in [0.29, 0.717) is 6.17 Å². The molecule has 2 heteroatoms. The highest BCUT2D eigenvalue weighted by Gasteiger charge is 2.53. The summed E-state index contributed by atoms with van der Waals surface area (Å²) in [5, 5.41) is 0. The molecule has 2 bridgehead atoms. The van der Waals surface area contributed by atoms with Crippen LogP contribution in [-0.2, 0) is 5.54 Å². The molecule has 20 heavy (non-hydrogen) atoms. The SMILES string of the molecule is Cc1ccccc1N1C(C)N2CC1(C)c1ccccc12. The number of aryl methyl sites for hydroxylation is 1. The molecule has 0 radical (unpaired) electrons. The molecule has 2 aliphatic heterocycles. The summed E-state index contributed by atoms with van der Waals surface area (Å²) in [7, 11) is 0. The average molecular weight is 264 g/mol. The Bertz CT molecular complexity index is 679. The number of anilines is 2. The van der Waals surface area contributed by atoms with Crippen molar-refractivity contribution in [1.82, 2.24) is 0 Å². The van der Waals surface area contributed by atoms with Crippen molar-refractivity contribution < 1.29 is 0 Å². The van der Waals surface area contributed by atoms with Crippen LogP contribution in [0.4, 0.5) is 11.4 Å². The van der Waals surface area contributed by atoms with Gasteiger partial charge >= 0.3 is 0 Å². The predicted octanol–water partition coefficient (Wildman–Crippen LogP) is 3.90. The first-order valence-electron chi connectivity index (χ1n) is 7.34. The lowest BCUT2D eigenvalue weighted by Gasteiger charge is -2.43. The minimum absolute atomic E-state index is 0.0854. The molecule has 0 amide bonds. The number of benzene rings is 2. The monoisotopic (exact) mass is 264 g/mol. The van der Waals surface area contributed by atoms with Crippen LogP contribution in [0.25, 0.3) is 0 Å². The highest BCUT2D eigenvalue weighted by atomic mass is 15.5. The van der Waals surface area contributed by atoms with Gasteiger partial charge in [0.1, 0.15) is 0 Å². The highest BCUT2D eigenvalue weighted by molar-refractivity contribution is 5.73. The van der Waals surface area contributed by atoms with Crippen LogP contribution >= 0.6 is 0 Å². The lowest BCUT2D eigenvalue weighted by molar-refractivity contribution is 0.511. The van der Waals surface area contributed by atoms with Crippen molar-refractivity contribution in [2.24, 2.45) is 0 Å². The summed E-state index contributed by atoms with van der Waals surface area (Å²) in [6, 6.07) is 17.6. The van der Waals surface area contributed by atoms with E-state index in [1.165, 1.54) is 22.5 Å². The second kappa shape index (κ2) is 3.78. The molecular weight excluding hydrogens is 244 g/mol. The van der Waals surface area contributed by atoms with Gasteiger partial charge in [-0.1, -0.05) is 36.4 Å². The standard InChI is InChI=1S/C18H20N2/c1-13-8-4-6-10-16(13)20-14(2)19-12-18(20,3)15-9-5-7-11-17(15)19/h4-11,14H,12H2,1-3H3. The molecule has 2 heterocycles. The lowest BCUT2D eigenvalue weighted by atomic mass is 9.90. The van der Waals surface area contributed by atoms with E-state index in [-0.39, 0.29) is 5.54 Å². The molecule has 2 nitrogen and oxygen atoms in total. The smallest absolute Gasteiger partial charge is 0.0997 e. The van der Waals surface area contributed by atoms with Gasteiger partial charge in [0.25, 0.3) is 0 Å². The predicted molar refractivity (Wildman–Crippen MR) is 84.3 cm³/mol. The van der Waals surface area contributed by atoms with Crippen molar-refractivity contribution in [1.29, 1.82) is 0 Å². The zero-order chi connectivity index (χ0) is 13.9. The molecule has 2 unspecified atom stereocenters. The number of rotatable bonds is 1. The van der Waals surface area contributed by atoms with E-state index in [0.717, 1.165) is 6.54 Å². The first-order valence-corrected chi connectivity index (χ1v) is 7.34. The van der Waals surface area contributed by atoms with Crippen molar-refractivity contribution in [3.8, 4) is 0 Å². The normalized spacial score (nSPS) is 27.1. The fraction of sp³-hybridized carbons (Fsp3) is 0.333. The van der Waals surface area contributed by atoms with Crippen LogP contribution in [0.2, 0.25) is 0 Å². The maximum Gasteiger partial charge on any atom is 0.0997 e. The fourth-order valence-corrected chi connectivity index (χ4v) is 4.07. The number of para-hydroxylation sites is 2. The Morgan fingerprint density at radius 1 is 1.00 bits per heavy atom. The van der Waals surface area contributed by atoms with Crippen LogP contribution in [0, 0.1) is 6.92 Å². The molecule has 1 saturated heterocycles. The summed E-state index contributed by atoms with van der Waals surface area (Å²) in [4.78, 5) is 5.12. The first kappa shape index (κ1) is 11.8. The van der Waals surface area contributed by atoms with E-state index in [9.17, 15) is 0 Å². The molecule has 4 rings (SSSR count). The molecule has 102 valence electrons. The van der Waals surface area contributed by atoms with Gasteiger partial charge in [0, 0.05) is 23.5 Å². The van der Waals surface area contributed by atoms with E-state index >= 15 is 0 Å². The van der Waals surface area contributed by atoms with Gasteiger partial charge in [-0.15, -0.1) is 0 Å². The Morgan fingerprint density at radius 3 is 2.40 bits per heavy atom. The van der Waals surface area contributed by atoms with Crippen molar-refractivity contribution >= 4 is 11.4 Å². The first-order chi connectivity index (χ1) is 9.63. The maximum absolute atomic E-state index is 2.59. The van der Waals surface area contributed by atoms with Crippen LogP contribution in [0.3, 0.4) is 0 Å². The van der Waals surface area contributed by atoms with Crippen LogP contribution in [0.15, 0.2) is 48.5 Å². The number of nitrogens with zero attached hydrogens (tertiary/aromatic N) is 2. The van der Waals surface area contributed by atoms with Crippen molar-refractivity contribution in [3.63, 3.8) is 0 Å². The van der Waals surface area contributed by atoms with Crippen LogP contribution in [0.1, 0.15) is 25.0 Å². The Balaban J connectivity index is 1.91. The fourth-order valence-electron chi connectivity index (χ4n) is 4.07. The number of fused-ring (bicyclic) bond motifs is 5. The molecule has 1 fully saturated rings. The summed E-state index contributed by atoms with van der Waals surface area (Å²) in [5.74, 6) is 0. The third kappa shape index (κ3) is 1.29. The minimum atomic E-state index is 0.0854. The molecule has 2 atom stereocenters. The van der Waals surface area contributed by atoms with Gasteiger partial charge in [0.15, 0.2) is 0 Å². The Hall–Kier alpha value is -1.96. The lowest BCUT2D eigenvalue weighted by Crippen LogP contribution is -2.47. The summed E-state index contributed by atoms with van der Waals surface area (Å²) >= 11 is 0. The van der Waals surface area contributed by atoms with E-state index in [2.05, 4.69) is 79.1 Å². The third-order valence-corrected chi connectivity index (χ3v) is 5.00. The van der Waals surface area contributed by atoms with Gasteiger partial charge in [0.2, 0.25) is 0 Å². The Labute approximate surface area is 120 Å². The van der Waals surface area contributed by atoms with E-state index in [1.807, 2.05) is 0 Å². The maximum atomic E-state index is 2.59. The summed E-state index contributed by atoms with van der Waals surface area (Å²) in [5.41, 5.74) is 5.67. The molecule has 2 aromatic carbocycles. The molecule has 0 N–H and O–H groups in total. The summed E-state index contributed by atoms with van der Waals surface area (Å²) in [6.07, 6.45) is 0.413. The summed E-state index contributed by atoms with van der Waals surface area (Å²) < 4.78 is 0. The van der Waals surface area contributed by atoms with Gasteiger partial charge in [-0.3, -0.25) is 0 Å². The van der Waals surface area contributed by atoms with E-state index < -0.39 is 0 Å². The van der Waals surface area contributed by atoms with Crippen molar-refractivity contribution in [2.75, 3.05) is 16.3 Å². The van der Waals surface area contributed by atoms with E-state index in [1.54, 1.807) is 0 Å². The zero-order valence-electron chi connectivity index (χ0n) is 12.3. The zero-order valence-corrected chi connectivity index (χ0v) is 12.3. The second-order valence-electron chi connectivity index (χ2n) is 6.21. The summed E-state index contributed by atoms with van der Waals surface area (Å²) in [6.45, 7) is 7.98. The molecule has 0 aliphatic carbocycles. The van der Waals surface area contributed by atoms with Gasteiger partial charge in [-0.05, 0) is 38.5 Å². The Morgan fingerprint density at radius 2 is 1.65 bits per heavy atom. The van der Waals surface area contributed by atoms with Crippen LogP contribution in [0.5, 0.6) is 0 Å². The molecular formula is C18H20N2. The second-order valence-corrected chi connectivity index (χ2v) is 6.21. The number of hydrogen-bond acceptors (Lipinski definition) is 2. The molecule has 2 aromatic rings. The average Bonchev–Trinajstić information content (AvgIpc) is 2.89. The van der Waals surface area contributed by atoms with Gasteiger partial charge < -0.3 is 9.80 Å². The molecule has 0 saturated carbocycles. The van der Waals surface area contributed by atoms with Crippen LogP contribution in [-0.4, -0.2) is 12.7 Å². The highest BCUT2D eigenvalue weighted by Crippen LogP contribution is 2.52. The third-order valence-electron chi connectivity index (χ3n) is 5.00.